The summed E-state index contributed by atoms with van der Waals surface area (Å²) < 4.78 is 11.3. The summed E-state index contributed by atoms with van der Waals surface area (Å²) in [5.41, 5.74) is 10.5. The van der Waals surface area contributed by atoms with Gasteiger partial charge in [-0.25, -0.2) is 9.13 Å². The van der Waals surface area contributed by atoms with Crippen molar-refractivity contribution in [3.8, 4) is 0 Å². The average Bonchev–Trinajstić information content (AvgIpc) is 3.39. The fourth-order valence-corrected chi connectivity index (χ4v) is 7.87. The van der Waals surface area contributed by atoms with E-state index in [0.29, 0.717) is 0 Å². The Balaban J connectivity index is 1.43. The second-order valence-electron chi connectivity index (χ2n) is 13.5. The highest BCUT2D eigenvalue weighted by Gasteiger charge is 2.41. The summed E-state index contributed by atoms with van der Waals surface area (Å²) in [5.74, 6) is 0. The van der Waals surface area contributed by atoms with E-state index in [1.807, 2.05) is 0 Å². The minimum Gasteiger partial charge on any atom is -0.455 e. The van der Waals surface area contributed by atoms with Crippen molar-refractivity contribution >= 4 is 32.7 Å². The molecular formula is C42H42N2O+2. The monoisotopic (exact) mass is 590 g/mol. The molecule has 0 N–H and O–H groups in total. The van der Waals surface area contributed by atoms with Crippen LogP contribution < -0.4 is 9.13 Å². The lowest BCUT2D eigenvalue weighted by atomic mass is 9.72. The Hall–Kier alpha value is -4.76. The molecule has 1 atom stereocenters. The number of aryl methyl sites for hydroxylation is 3. The van der Waals surface area contributed by atoms with Gasteiger partial charge in [0.1, 0.15) is 25.3 Å². The van der Waals surface area contributed by atoms with Crippen LogP contribution in [-0.4, -0.2) is 0 Å². The zero-order valence-corrected chi connectivity index (χ0v) is 27.5. The molecular weight excluding hydrogens is 548 g/mol. The number of hydrogen-bond acceptors (Lipinski definition) is 1. The first-order valence-corrected chi connectivity index (χ1v) is 15.9. The minimum atomic E-state index is -0.322. The van der Waals surface area contributed by atoms with Crippen molar-refractivity contribution in [3.63, 3.8) is 0 Å². The third-order valence-corrected chi connectivity index (χ3v) is 10.3. The van der Waals surface area contributed by atoms with E-state index in [1.54, 1.807) is 0 Å². The normalized spacial score (nSPS) is 13.5. The van der Waals surface area contributed by atoms with Crippen molar-refractivity contribution in [3.05, 3.63) is 155 Å². The number of aromatic nitrogens is 2. The first-order chi connectivity index (χ1) is 21.6. The van der Waals surface area contributed by atoms with Gasteiger partial charge in [-0.05, 0) is 86.5 Å². The SMILES string of the molecule is Cc1ccccc1C(C)(C)c1cccc(CC(C)(c2cc3c(cc2C)oc2c4ccccc4ccc32)c2cccc[n+]2C)[n+]1C. The van der Waals surface area contributed by atoms with Crippen molar-refractivity contribution < 1.29 is 13.6 Å². The fourth-order valence-electron chi connectivity index (χ4n) is 7.87. The number of furan rings is 1. The molecule has 7 aromatic rings. The van der Waals surface area contributed by atoms with Crippen LogP contribution in [-0.2, 0) is 31.3 Å². The summed E-state index contributed by atoms with van der Waals surface area (Å²) in [4.78, 5) is 0. The molecule has 7 rings (SSSR count). The molecule has 0 amide bonds. The summed E-state index contributed by atoms with van der Waals surface area (Å²) >= 11 is 0. The smallest absolute Gasteiger partial charge is 0.192 e. The standard InChI is InChI=1S/C42H42N2O/c1-28-15-8-11-19-35(28)41(3,4)38-21-14-17-31(44(38)7)27-42(5,39-20-12-13-24-43(39)6)36-26-34-33-23-22-30-16-9-10-18-32(30)40(33)45-37(34)25-29(36)2/h8-26H,27H2,1-7H3/q+2. The van der Waals surface area contributed by atoms with Crippen molar-refractivity contribution in [1.82, 2.24) is 0 Å². The number of nitrogens with zero attached hydrogens (tertiary/aromatic N) is 2. The Bertz CT molecular complexity index is 2240. The number of pyridine rings is 2. The highest BCUT2D eigenvalue weighted by atomic mass is 16.3. The summed E-state index contributed by atoms with van der Waals surface area (Å²) in [6.45, 7) is 11.5. The van der Waals surface area contributed by atoms with E-state index >= 15 is 0 Å². The van der Waals surface area contributed by atoms with E-state index in [0.717, 1.165) is 28.4 Å². The van der Waals surface area contributed by atoms with Crippen LogP contribution in [0, 0.1) is 13.8 Å². The van der Waals surface area contributed by atoms with Crippen LogP contribution in [0.15, 0.2) is 120 Å². The predicted molar refractivity (Wildman–Crippen MR) is 185 cm³/mol. The summed E-state index contributed by atoms with van der Waals surface area (Å²) in [6.07, 6.45) is 3.00. The molecule has 0 spiro atoms. The predicted octanol–water partition coefficient (Wildman–Crippen LogP) is 8.88. The Morgan fingerprint density at radius 3 is 2.16 bits per heavy atom. The maximum absolute atomic E-state index is 6.58. The van der Waals surface area contributed by atoms with Gasteiger partial charge in [-0.3, -0.25) is 0 Å². The molecule has 0 radical (unpaired) electrons. The molecule has 3 heteroatoms. The highest BCUT2D eigenvalue weighted by molar-refractivity contribution is 6.15. The molecule has 0 bridgehead atoms. The quantitative estimate of drug-likeness (QED) is 0.177. The number of benzene rings is 4. The van der Waals surface area contributed by atoms with Crippen molar-refractivity contribution in [1.29, 1.82) is 0 Å². The van der Waals surface area contributed by atoms with Crippen molar-refractivity contribution in [2.45, 2.75) is 51.9 Å². The molecule has 1 unspecified atom stereocenters. The molecule has 4 aromatic carbocycles. The van der Waals surface area contributed by atoms with Crippen LogP contribution in [0.2, 0.25) is 0 Å². The van der Waals surface area contributed by atoms with Gasteiger partial charge in [0.2, 0.25) is 0 Å². The summed E-state index contributed by atoms with van der Waals surface area (Å²) in [7, 11) is 4.40. The van der Waals surface area contributed by atoms with Gasteiger partial charge in [0, 0.05) is 40.4 Å². The maximum atomic E-state index is 6.58. The highest BCUT2D eigenvalue weighted by Crippen LogP contribution is 2.41. The van der Waals surface area contributed by atoms with Crippen LogP contribution in [0.4, 0.5) is 0 Å². The zero-order chi connectivity index (χ0) is 31.5. The van der Waals surface area contributed by atoms with Crippen molar-refractivity contribution in [2.24, 2.45) is 14.1 Å². The molecule has 0 aliphatic heterocycles. The molecule has 3 aromatic heterocycles. The summed E-state index contributed by atoms with van der Waals surface area (Å²) in [6, 6.07) is 39.7. The second-order valence-corrected chi connectivity index (χ2v) is 13.5. The van der Waals surface area contributed by atoms with Gasteiger partial charge in [-0.2, -0.15) is 0 Å². The van der Waals surface area contributed by atoms with E-state index in [-0.39, 0.29) is 10.8 Å². The van der Waals surface area contributed by atoms with Crippen LogP contribution in [0.25, 0.3) is 32.7 Å². The van der Waals surface area contributed by atoms with Gasteiger partial charge in [0.05, 0.1) is 17.3 Å². The largest absolute Gasteiger partial charge is 0.455 e. The zero-order valence-electron chi connectivity index (χ0n) is 27.5. The van der Waals surface area contributed by atoms with Gasteiger partial charge in [-0.15, -0.1) is 0 Å². The average molecular weight is 591 g/mol. The Kier molecular flexibility index (Phi) is 6.89. The van der Waals surface area contributed by atoms with E-state index in [4.69, 9.17) is 4.42 Å². The topological polar surface area (TPSA) is 20.9 Å². The lowest BCUT2D eigenvalue weighted by Crippen LogP contribution is -2.49. The Labute approximate surface area is 266 Å². The molecule has 0 fully saturated rings. The molecule has 0 aliphatic carbocycles. The number of rotatable bonds is 6. The van der Waals surface area contributed by atoms with Crippen LogP contribution in [0.3, 0.4) is 0 Å². The molecule has 0 saturated heterocycles. The molecule has 0 aliphatic rings. The molecule has 3 nitrogen and oxygen atoms in total. The van der Waals surface area contributed by atoms with E-state index in [2.05, 4.69) is 173 Å². The maximum Gasteiger partial charge on any atom is 0.192 e. The Morgan fingerprint density at radius 2 is 1.36 bits per heavy atom. The van der Waals surface area contributed by atoms with Crippen molar-refractivity contribution in [2.75, 3.05) is 0 Å². The number of hydrogen-bond donors (Lipinski definition) is 0. The van der Waals surface area contributed by atoms with Crippen LogP contribution in [0.1, 0.15) is 60.1 Å². The van der Waals surface area contributed by atoms with E-state index in [9.17, 15) is 0 Å². The molecule has 45 heavy (non-hydrogen) atoms. The first kappa shape index (κ1) is 29.0. The Morgan fingerprint density at radius 1 is 0.622 bits per heavy atom. The third-order valence-electron chi connectivity index (χ3n) is 10.3. The van der Waals surface area contributed by atoms with Crippen LogP contribution in [0.5, 0.6) is 0 Å². The van der Waals surface area contributed by atoms with Gasteiger partial charge >= 0.3 is 0 Å². The van der Waals surface area contributed by atoms with Gasteiger partial charge in [0.25, 0.3) is 0 Å². The van der Waals surface area contributed by atoms with E-state index in [1.165, 1.54) is 50.1 Å². The lowest BCUT2D eigenvalue weighted by molar-refractivity contribution is -0.692. The third kappa shape index (κ3) is 4.64. The number of fused-ring (bicyclic) bond motifs is 5. The van der Waals surface area contributed by atoms with Crippen LogP contribution >= 0.6 is 0 Å². The van der Waals surface area contributed by atoms with Gasteiger partial charge in [0.15, 0.2) is 23.3 Å². The minimum absolute atomic E-state index is 0.156. The first-order valence-electron chi connectivity index (χ1n) is 15.9. The molecule has 224 valence electrons. The summed E-state index contributed by atoms with van der Waals surface area (Å²) in [5, 5.41) is 4.68. The van der Waals surface area contributed by atoms with E-state index < -0.39 is 0 Å². The van der Waals surface area contributed by atoms with Gasteiger partial charge in [-0.1, -0.05) is 60.7 Å². The fraction of sp³-hybridized carbons (Fsp3) is 0.238. The lowest BCUT2D eigenvalue weighted by Gasteiger charge is -2.30. The second kappa shape index (κ2) is 10.7. The molecule has 3 heterocycles. The van der Waals surface area contributed by atoms with Gasteiger partial charge < -0.3 is 4.42 Å². The molecule has 0 saturated carbocycles.